The van der Waals surface area contributed by atoms with Crippen molar-refractivity contribution >= 4 is 17.3 Å². The summed E-state index contributed by atoms with van der Waals surface area (Å²) in [7, 11) is 1.88. The molecule has 3 rings (SSSR count). The van der Waals surface area contributed by atoms with E-state index in [-0.39, 0.29) is 0 Å². The van der Waals surface area contributed by atoms with E-state index in [0.29, 0.717) is 11.4 Å². The minimum absolute atomic E-state index is 0.473. The predicted octanol–water partition coefficient (Wildman–Crippen LogP) is 2.88. The van der Waals surface area contributed by atoms with Gasteiger partial charge in [0, 0.05) is 31.3 Å². The zero-order chi connectivity index (χ0) is 15.0. The lowest BCUT2D eigenvalue weighted by molar-refractivity contribution is 0.176. The second-order valence-corrected chi connectivity index (χ2v) is 5.84. The first-order valence-corrected chi connectivity index (χ1v) is 7.73. The van der Waals surface area contributed by atoms with Crippen LogP contribution in [-0.2, 0) is 26.3 Å². The summed E-state index contributed by atoms with van der Waals surface area (Å²) in [6.07, 6.45) is 1.71. The summed E-state index contributed by atoms with van der Waals surface area (Å²) in [5.74, 6) is 0. The molecule has 4 nitrogen and oxygen atoms in total. The highest BCUT2D eigenvalue weighted by atomic mass is 35.5. The molecule has 2 N–H and O–H groups in total. The first kappa shape index (κ1) is 14.4. The summed E-state index contributed by atoms with van der Waals surface area (Å²) in [4.78, 5) is 0. The topological polar surface area (TPSA) is 50.1 Å². The number of halogens is 1. The van der Waals surface area contributed by atoms with Crippen molar-refractivity contribution in [3.05, 3.63) is 45.7 Å². The Balaban J connectivity index is 1.89. The van der Waals surface area contributed by atoms with Crippen LogP contribution in [0.5, 0.6) is 0 Å². The molecule has 2 heterocycles. The van der Waals surface area contributed by atoms with Crippen LogP contribution in [0, 0.1) is 0 Å². The number of benzene rings is 1. The van der Waals surface area contributed by atoms with Crippen LogP contribution in [0.3, 0.4) is 0 Å². The molecule has 5 heteroatoms. The quantitative estimate of drug-likeness (QED) is 0.913. The molecule has 0 fully saturated rings. The van der Waals surface area contributed by atoms with Gasteiger partial charge in [0.25, 0.3) is 0 Å². The number of anilines is 1. The molecular formula is C16H20ClN3O. The van der Waals surface area contributed by atoms with E-state index >= 15 is 0 Å². The molecule has 1 aromatic carbocycles. The van der Waals surface area contributed by atoms with E-state index < -0.39 is 6.10 Å². The molecule has 0 saturated heterocycles. The zero-order valence-corrected chi connectivity index (χ0v) is 13.1. The largest absolute Gasteiger partial charge is 0.388 e. The maximum absolute atomic E-state index is 10.6. The van der Waals surface area contributed by atoms with E-state index in [0.717, 1.165) is 42.0 Å². The maximum Gasteiger partial charge on any atom is 0.0865 e. The first-order chi connectivity index (χ1) is 10.1. The van der Waals surface area contributed by atoms with Crippen molar-refractivity contribution in [2.75, 3.05) is 11.9 Å². The van der Waals surface area contributed by atoms with Crippen LogP contribution >= 0.6 is 11.6 Å². The van der Waals surface area contributed by atoms with Crippen molar-refractivity contribution in [3.8, 4) is 0 Å². The molecule has 2 aromatic rings. The van der Waals surface area contributed by atoms with Gasteiger partial charge in [-0.1, -0.05) is 36.7 Å². The van der Waals surface area contributed by atoms with Crippen molar-refractivity contribution in [2.45, 2.75) is 32.3 Å². The van der Waals surface area contributed by atoms with Gasteiger partial charge in [-0.2, -0.15) is 5.10 Å². The van der Waals surface area contributed by atoms with Crippen LogP contribution < -0.4 is 5.32 Å². The molecule has 0 aliphatic carbocycles. The highest BCUT2D eigenvalue weighted by molar-refractivity contribution is 6.31. The average molecular weight is 306 g/mol. The van der Waals surface area contributed by atoms with Crippen molar-refractivity contribution in [3.63, 3.8) is 0 Å². The van der Waals surface area contributed by atoms with Crippen molar-refractivity contribution in [1.29, 1.82) is 0 Å². The molecule has 1 unspecified atom stereocenters. The van der Waals surface area contributed by atoms with E-state index in [9.17, 15) is 5.11 Å². The normalized spacial score (nSPS) is 14.9. The lowest BCUT2D eigenvalue weighted by Gasteiger charge is -2.15. The fourth-order valence-corrected chi connectivity index (χ4v) is 3.35. The Bertz CT molecular complexity index is 666. The van der Waals surface area contributed by atoms with Crippen LogP contribution in [0.1, 0.15) is 35.5 Å². The van der Waals surface area contributed by atoms with Gasteiger partial charge in [-0.05, 0) is 18.4 Å². The number of nitrogens with one attached hydrogen (secondary N) is 1. The number of nitrogens with zero attached hydrogens (tertiary/aromatic N) is 2. The molecule has 0 amide bonds. The minimum Gasteiger partial charge on any atom is -0.388 e. The zero-order valence-electron chi connectivity index (χ0n) is 12.4. The molecule has 0 spiro atoms. The lowest BCUT2D eigenvalue weighted by Crippen LogP contribution is -2.09. The van der Waals surface area contributed by atoms with Gasteiger partial charge in [-0.25, -0.2) is 0 Å². The second-order valence-electron chi connectivity index (χ2n) is 5.46. The summed E-state index contributed by atoms with van der Waals surface area (Å²) < 4.78 is 1.78. The van der Waals surface area contributed by atoms with E-state index in [2.05, 4.69) is 16.5 Å². The van der Waals surface area contributed by atoms with Gasteiger partial charge in [0.1, 0.15) is 0 Å². The molecule has 0 bridgehead atoms. The maximum atomic E-state index is 10.6. The first-order valence-electron chi connectivity index (χ1n) is 7.35. The van der Waals surface area contributed by atoms with Crippen LogP contribution in [-0.4, -0.2) is 21.4 Å². The Kier molecular flexibility index (Phi) is 3.91. The summed E-state index contributed by atoms with van der Waals surface area (Å²) in [6, 6.07) is 6.09. The van der Waals surface area contributed by atoms with Gasteiger partial charge >= 0.3 is 0 Å². The number of aliphatic hydroxyl groups is 1. The predicted molar refractivity (Wildman–Crippen MR) is 84.9 cm³/mol. The van der Waals surface area contributed by atoms with Crippen LogP contribution in [0.4, 0.5) is 5.69 Å². The number of hydrogen-bond acceptors (Lipinski definition) is 3. The third-order valence-corrected chi connectivity index (χ3v) is 4.56. The fourth-order valence-electron chi connectivity index (χ4n) is 2.98. The summed E-state index contributed by atoms with van der Waals surface area (Å²) >= 11 is 6.37. The number of hydrogen-bond donors (Lipinski definition) is 2. The third-order valence-electron chi connectivity index (χ3n) is 4.13. The third kappa shape index (κ3) is 2.54. The summed E-state index contributed by atoms with van der Waals surface area (Å²) in [5.41, 5.74) is 5.07. The Morgan fingerprint density at radius 2 is 2.29 bits per heavy atom. The highest BCUT2D eigenvalue weighted by Crippen LogP contribution is 2.33. The molecule has 1 atom stereocenters. The van der Waals surface area contributed by atoms with E-state index in [4.69, 9.17) is 11.6 Å². The number of aryl methyl sites for hydroxylation is 2. The summed E-state index contributed by atoms with van der Waals surface area (Å²) in [6.45, 7) is 2.97. The molecule has 1 aromatic heterocycles. The standard InChI is InChI=1S/C16H20ClN3O/c1-3-12-15(17)13(20(2)19-12)9-14(21)11-6-4-5-10-7-8-18-16(10)11/h4-6,14,18,21H,3,7-9H2,1-2H3. The smallest absolute Gasteiger partial charge is 0.0865 e. The van der Waals surface area contributed by atoms with Gasteiger partial charge in [0.2, 0.25) is 0 Å². The number of rotatable bonds is 4. The number of aliphatic hydroxyl groups excluding tert-OH is 1. The molecular weight excluding hydrogens is 286 g/mol. The molecule has 112 valence electrons. The van der Waals surface area contributed by atoms with Crippen molar-refractivity contribution < 1.29 is 5.11 Å². The van der Waals surface area contributed by atoms with Gasteiger partial charge < -0.3 is 10.4 Å². The van der Waals surface area contributed by atoms with Gasteiger partial charge in [-0.15, -0.1) is 0 Å². The van der Waals surface area contributed by atoms with Crippen molar-refractivity contribution in [2.24, 2.45) is 7.05 Å². The van der Waals surface area contributed by atoms with E-state index in [1.807, 2.05) is 26.1 Å². The lowest BCUT2D eigenvalue weighted by atomic mass is 10.00. The van der Waals surface area contributed by atoms with Crippen LogP contribution in [0.25, 0.3) is 0 Å². The highest BCUT2D eigenvalue weighted by Gasteiger charge is 2.22. The Morgan fingerprint density at radius 1 is 1.48 bits per heavy atom. The van der Waals surface area contributed by atoms with Gasteiger partial charge in [-0.3, -0.25) is 4.68 Å². The summed E-state index contributed by atoms with van der Waals surface area (Å²) in [5, 5.41) is 19.1. The molecule has 0 saturated carbocycles. The second kappa shape index (κ2) is 5.70. The number of para-hydroxylation sites is 1. The van der Waals surface area contributed by atoms with E-state index in [1.165, 1.54) is 5.56 Å². The average Bonchev–Trinajstić information content (AvgIpc) is 3.06. The molecule has 0 radical (unpaired) electrons. The Morgan fingerprint density at radius 3 is 3.00 bits per heavy atom. The SMILES string of the molecule is CCc1nn(C)c(CC(O)c2cccc3c2NCC3)c1Cl. The fraction of sp³-hybridized carbons (Fsp3) is 0.438. The van der Waals surface area contributed by atoms with Gasteiger partial charge in [0.15, 0.2) is 0 Å². The van der Waals surface area contributed by atoms with Crippen LogP contribution in [0.2, 0.25) is 5.02 Å². The molecule has 21 heavy (non-hydrogen) atoms. The monoisotopic (exact) mass is 305 g/mol. The number of aromatic nitrogens is 2. The van der Waals surface area contributed by atoms with Crippen molar-refractivity contribution in [1.82, 2.24) is 9.78 Å². The Labute approximate surface area is 129 Å². The van der Waals surface area contributed by atoms with E-state index in [1.54, 1.807) is 4.68 Å². The Hall–Kier alpha value is -1.52. The van der Waals surface area contributed by atoms with Gasteiger partial charge in [0.05, 0.1) is 22.5 Å². The van der Waals surface area contributed by atoms with Crippen LogP contribution in [0.15, 0.2) is 18.2 Å². The number of fused-ring (bicyclic) bond motifs is 1. The molecule has 1 aliphatic rings. The molecule has 1 aliphatic heterocycles. The minimum atomic E-state index is -0.580.